The number of amides is 1. The van der Waals surface area contributed by atoms with Crippen LogP contribution in [-0.2, 0) is 19.6 Å². The van der Waals surface area contributed by atoms with Crippen molar-refractivity contribution in [3.63, 3.8) is 0 Å². The fourth-order valence-electron chi connectivity index (χ4n) is 2.63. The minimum Gasteiger partial charge on any atom is -0.497 e. The molecule has 0 aliphatic carbocycles. The van der Waals surface area contributed by atoms with E-state index in [1.807, 2.05) is 37.3 Å². The predicted octanol–water partition coefficient (Wildman–Crippen LogP) is 2.65. The molecule has 2 N–H and O–H groups in total. The summed E-state index contributed by atoms with van der Waals surface area (Å²) in [6, 6.07) is 14.9. The van der Waals surface area contributed by atoms with Crippen LogP contribution >= 0.6 is 0 Å². The van der Waals surface area contributed by atoms with E-state index >= 15 is 0 Å². The maximum Gasteiger partial charge on any atom is 0.241 e. The van der Waals surface area contributed by atoms with Crippen molar-refractivity contribution in [2.75, 3.05) is 20.3 Å². The summed E-state index contributed by atoms with van der Waals surface area (Å²) in [5.41, 5.74) is 1.10. The first kappa shape index (κ1) is 22.9. The van der Waals surface area contributed by atoms with Gasteiger partial charge in [0.15, 0.2) is 0 Å². The van der Waals surface area contributed by atoms with Crippen molar-refractivity contribution in [1.82, 2.24) is 10.0 Å². The molecule has 158 valence electrons. The molecule has 1 unspecified atom stereocenters. The normalized spacial score (nSPS) is 13.5. The van der Waals surface area contributed by atoms with Gasteiger partial charge < -0.3 is 14.8 Å². The number of nitrogens with one attached hydrogen (secondary N) is 2. The fourth-order valence-corrected chi connectivity index (χ4v) is 3.83. The van der Waals surface area contributed by atoms with Crippen LogP contribution in [0.2, 0.25) is 0 Å². The second-order valence-electron chi connectivity index (χ2n) is 6.59. The highest BCUT2D eigenvalue weighted by atomic mass is 32.2. The van der Waals surface area contributed by atoms with Crippen molar-refractivity contribution in [2.45, 2.75) is 37.3 Å². The molecule has 2 rings (SSSR count). The van der Waals surface area contributed by atoms with E-state index in [0.717, 1.165) is 5.56 Å². The molecule has 0 bridgehead atoms. The van der Waals surface area contributed by atoms with Gasteiger partial charge in [0.1, 0.15) is 5.75 Å². The van der Waals surface area contributed by atoms with Gasteiger partial charge in [-0.15, -0.1) is 0 Å². The van der Waals surface area contributed by atoms with Crippen molar-refractivity contribution in [2.24, 2.45) is 0 Å². The number of hydrogen-bond acceptors (Lipinski definition) is 5. The third-order valence-electron chi connectivity index (χ3n) is 4.35. The highest BCUT2D eigenvalue weighted by Gasteiger charge is 2.21. The largest absolute Gasteiger partial charge is 0.497 e. The van der Waals surface area contributed by atoms with Crippen LogP contribution in [0, 0.1) is 0 Å². The van der Waals surface area contributed by atoms with Gasteiger partial charge in [-0.25, -0.2) is 8.42 Å². The van der Waals surface area contributed by atoms with Crippen LogP contribution in [0.1, 0.15) is 31.9 Å². The monoisotopic (exact) mass is 420 g/mol. The van der Waals surface area contributed by atoms with Crippen molar-refractivity contribution in [3.8, 4) is 5.75 Å². The lowest BCUT2D eigenvalue weighted by Gasteiger charge is -2.16. The summed E-state index contributed by atoms with van der Waals surface area (Å²) in [6.07, 6.45) is 0.600. The van der Waals surface area contributed by atoms with E-state index in [1.165, 1.54) is 26.2 Å². The van der Waals surface area contributed by atoms with Gasteiger partial charge in [-0.2, -0.15) is 4.72 Å². The van der Waals surface area contributed by atoms with E-state index < -0.39 is 22.0 Å². The maximum absolute atomic E-state index is 12.4. The Bertz CT molecular complexity index is 870. The number of sulfonamides is 1. The zero-order valence-electron chi connectivity index (χ0n) is 16.9. The summed E-state index contributed by atoms with van der Waals surface area (Å²) in [5.74, 6) is 0.164. The summed E-state index contributed by atoms with van der Waals surface area (Å²) in [7, 11) is -2.30. The summed E-state index contributed by atoms with van der Waals surface area (Å²) in [4.78, 5) is 12.2. The van der Waals surface area contributed by atoms with E-state index in [0.29, 0.717) is 25.3 Å². The molecule has 1 amide bonds. The molecule has 2 atom stereocenters. The van der Waals surface area contributed by atoms with Crippen LogP contribution in [0.3, 0.4) is 0 Å². The molecular weight excluding hydrogens is 392 g/mol. The number of benzene rings is 2. The Labute approximate surface area is 172 Å². The molecule has 0 saturated carbocycles. The average molecular weight is 421 g/mol. The van der Waals surface area contributed by atoms with Gasteiger partial charge in [0, 0.05) is 13.2 Å². The van der Waals surface area contributed by atoms with Crippen LogP contribution in [0.5, 0.6) is 5.75 Å². The molecule has 2 aromatic rings. The topological polar surface area (TPSA) is 93.7 Å². The van der Waals surface area contributed by atoms with E-state index in [4.69, 9.17) is 9.47 Å². The van der Waals surface area contributed by atoms with Crippen molar-refractivity contribution >= 4 is 15.9 Å². The highest BCUT2D eigenvalue weighted by Crippen LogP contribution is 2.16. The van der Waals surface area contributed by atoms with Crippen LogP contribution < -0.4 is 14.8 Å². The molecule has 0 aromatic heterocycles. The molecule has 0 spiro atoms. The number of carbonyl (C=O) groups is 1. The van der Waals surface area contributed by atoms with Gasteiger partial charge in [0.05, 0.1) is 24.2 Å². The summed E-state index contributed by atoms with van der Waals surface area (Å²) >= 11 is 0. The zero-order chi connectivity index (χ0) is 21.3. The summed E-state index contributed by atoms with van der Waals surface area (Å²) < 4.78 is 37.9. The number of rotatable bonds is 11. The molecule has 0 fully saturated rings. The van der Waals surface area contributed by atoms with Crippen molar-refractivity contribution in [1.29, 1.82) is 0 Å². The highest BCUT2D eigenvalue weighted by molar-refractivity contribution is 7.89. The maximum atomic E-state index is 12.4. The Morgan fingerprint density at radius 1 is 1.03 bits per heavy atom. The van der Waals surface area contributed by atoms with E-state index in [2.05, 4.69) is 10.0 Å². The standard InChI is InChI=1S/C21H28N2O5S/c1-16(23-29(25,26)20-12-10-19(27-3)11-13-20)21(24)22-14-7-15-28-17(2)18-8-5-4-6-9-18/h4-6,8-13,16-17,23H,7,14-15H2,1-3H3,(H,22,24)/t16-,17?/m0/s1. The first-order valence-electron chi connectivity index (χ1n) is 9.44. The molecule has 8 heteroatoms. The Balaban J connectivity index is 1.72. The summed E-state index contributed by atoms with van der Waals surface area (Å²) in [5, 5.41) is 2.72. The quantitative estimate of drug-likeness (QED) is 0.545. The minimum atomic E-state index is -3.80. The first-order chi connectivity index (χ1) is 13.8. The van der Waals surface area contributed by atoms with E-state index in [1.54, 1.807) is 12.1 Å². The fraction of sp³-hybridized carbons (Fsp3) is 0.381. The lowest BCUT2D eigenvalue weighted by atomic mass is 10.1. The van der Waals surface area contributed by atoms with Crippen LogP contribution in [0.25, 0.3) is 0 Å². The molecule has 0 heterocycles. The lowest BCUT2D eigenvalue weighted by Crippen LogP contribution is -2.45. The molecule has 0 radical (unpaired) electrons. The molecular formula is C21H28N2O5S. The zero-order valence-corrected chi connectivity index (χ0v) is 17.7. The third-order valence-corrected chi connectivity index (χ3v) is 5.91. The van der Waals surface area contributed by atoms with E-state index in [-0.39, 0.29) is 11.0 Å². The van der Waals surface area contributed by atoms with Gasteiger partial charge in [-0.3, -0.25) is 4.79 Å². The Morgan fingerprint density at radius 3 is 2.31 bits per heavy atom. The van der Waals surface area contributed by atoms with Gasteiger partial charge >= 0.3 is 0 Å². The minimum absolute atomic E-state index is 0.0258. The van der Waals surface area contributed by atoms with E-state index in [9.17, 15) is 13.2 Å². The predicted molar refractivity (Wildman–Crippen MR) is 111 cm³/mol. The average Bonchev–Trinajstić information content (AvgIpc) is 2.73. The number of methoxy groups -OCH3 is 1. The third kappa shape index (κ3) is 7.16. The summed E-state index contributed by atoms with van der Waals surface area (Å²) in [6.45, 7) is 4.37. The first-order valence-corrected chi connectivity index (χ1v) is 10.9. The molecule has 0 aliphatic heterocycles. The number of hydrogen-bond donors (Lipinski definition) is 2. The molecule has 0 aliphatic rings. The van der Waals surface area contributed by atoms with Gasteiger partial charge in [-0.05, 0) is 50.1 Å². The molecule has 7 nitrogen and oxygen atoms in total. The lowest BCUT2D eigenvalue weighted by molar-refractivity contribution is -0.122. The van der Waals surface area contributed by atoms with Gasteiger partial charge in [0.25, 0.3) is 0 Å². The second-order valence-corrected chi connectivity index (χ2v) is 8.30. The Kier molecular flexibility index (Phi) is 8.63. The van der Waals surface area contributed by atoms with Crippen LogP contribution in [-0.4, -0.2) is 40.6 Å². The van der Waals surface area contributed by atoms with Gasteiger partial charge in [-0.1, -0.05) is 30.3 Å². The van der Waals surface area contributed by atoms with Crippen molar-refractivity contribution < 1.29 is 22.7 Å². The smallest absolute Gasteiger partial charge is 0.241 e. The number of carbonyl (C=O) groups excluding carboxylic acids is 1. The second kappa shape index (κ2) is 10.9. The SMILES string of the molecule is COc1ccc(S(=O)(=O)N[C@@H](C)C(=O)NCCCOC(C)c2ccccc2)cc1. The van der Waals surface area contributed by atoms with Crippen molar-refractivity contribution in [3.05, 3.63) is 60.2 Å². The molecule has 0 saturated heterocycles. The Hall–Kier alpha value is -2.42. The van der Waals surface area contributed by atoms with Gasteiger partial charge in [0.2, 0.25) is 15.9 Å². The van der Waals surface area contributed by atoms with Crippen LogP contribution in [0.4, 0.5) is 0 Å². The molecule has 2 aromatic carbocycles. The number of ether oxygens (including phenoxy) is 2. The molecule has 29 heavy (non-hydrogen) atoms. The Morgan fingerprint density at radius 2 is 1.69 bits per heavy atom. The van der Waals surface area contributed by atoms with Crippen LogP contribution in [0.15, 0.2) is 59.5 Å².